The molecule has 0 unspecified atom stereocenters. The van der Waals surface area contributed by atoms with Gasteiger partial charge in [-0.15, -0.1) is 0 Å². The molecule has 0 fully saturated rings. The molecule has 2 N–H and O–H groups in total. The molecule has 0 bridgehead atoms. The third-order valence-corrected chi connectivity index (χ3v) is 2.54. The van der Waals surface area contributed by atoms with Crippen LogP contribution >= 0.6 is 0 Å². The highest BCUT2D eigenvalue weighted by Gasteiger charge is 2.08. The molecule has 104 valence electrons. The SMILES string of the molecule is CCCNc1cnc(C(=O)Nc2ccc(F)cc2)cn1. The van der Waals surface area contributed by atoms with Gasteiger partial charge in [-0.1, -0.05) is 6.92 Å². The summed E-state index contributed by atoms with van der Waals surface area (Å²) in [7, 11) is 0. The molecule has 0 atom stereocenters. The van der Waals surface area contributed by atoms with Gasteiger partial charge in [-0.3, -0.25) is 4.79 Å². The van der Waals surface area contributed by atoms with Crippen molar-refractivity contribution in [3.05, 3.63) is 48.2 Å². The zero-order valence-corrected chi connectivity index (χ0v) is 11.1. The normalized spacial score (nSPS) is 10.1. The van der Waals surface area contributed by atoms with E-state index in [0.29, 0.717) is 11.5 Å². The zero-order chi connectivity index (χ0) is 14.4. The van der Waals surface area contributed by atoms with Crippen molar-refractivity contribution in [1.29, 1.82) is 0 Å². The molecular weight excluding hydrogens is 259 g/mol. The standard InChI is InChI=1S/C14H15FN4O/c1-2-7-16-13-9-17-12(8-18-13)14(20)19-11-5-3-10(15)4-6-11/h3-6,8-9H,2,7H2,1H3,(H,16,18)(H,19,20). The van der Waals surface area contributed by atoms with E-state index in [1.807, 2.05) is 6.92 Å². The van der Waals surface area contributed by atoms with Crippen LogP contribution in [-0.4, -0.2) is 22.4 Å². The van der Waals surface area contributed by atoms with Gasteiger partial charge in [0.05, 0.1) is 12.4 Å². The third kappa shape index (κ3) is 3.74. The lowest BCUT2D eigenvalue weighted by molar-refractivity contribution is 0.102. The van der Waals surface area contributed by atoms with E-state index in [1.54, 1.807) is 0 Å². The minimum atomic E-state index is -0.383. The van der Waals surface area contributed by atoms with Gasteiger partial charge in [-0.25, -0.2) is 14.4 Å². The predicted molar refractivity (Wildman–Crippen MR) is 75.2 cm³/mol. The molecule has 0 saturated heterocycles. The Balaban J connectivity index is 2.00. The molecule has 20 heavy (non-hydrogen) atoms. The van der Waals surface area contributed by atoms with Crippen molar-refractivity contribution in [2.75, 3.05) is 17.2 Å². The van der Waals surface area contributed by atoms with Crippen LogP contribution in [-0.2, 0) is 0 Å². The summed E-state index contributed by atoms with van der Waals surface area (Å²) in [4.78, 5) is 20.0. The van der Waals surface area contributed by atoms with Gasteiger partial charge in [0, 0.05) is 12.2 Å². The second-order valence-corrected chi connectivity index (χ2v) is 4.17. The largest absolute Gasteiger partial charge is 0.369 e. The monoisotopic (exact) mass is 274 g/mol. The molecule has 1 aromatic carbocycles. The minimum absolute atomic E-state index is 0.205. The van der Waals surface area contributed by atoms with E-state index < -0.39 is 0 Å². The number of carbonyl (C=O) groups excluding carboxylic acids is 1. The Morgan fingerprint density at radius 1 is 1.20 bits per heavy atom. The second kappa shape index (κ2) is 6.60. The van der Waals surface area contributed by atoms with Crippen molar-refractivity contribution >= 4 is 17.4 Å². The van der Waals surface area contributed by atoms with Gasteiger partial charge in [0.25, 0.3) is 5.91 Å². The summed E-state index contributed by atoms with van der Waals surface area (Å²) >= 11 is 0. The van der Waals surface area contributed by atoms with Crippen LogP contribution in [0.15, 0.2) is 36.7 Å². The van der Waals surface area contributed by atoms with Gasteiger partial charge in [0.15, 0.2) is 0 Å². The number of halogens is 1. The molecule has 5 nitrogen and oxygen atoms in total. The number of carbonyl (C=O) groups is 1. The Morgan fingerprint density at radius 3 is 2.55 bits per heavy atom. The van der Waals surface area contributed by atoms with Crippen molar-refractivity contribution in [2.45, 2.75) is 13.3 Å². The first-order chi connectivity index (χ1) is 9.69. The minimum Gasteiger partial charge on any atom is -0.369 e. The van der Waals surface area contributed by atoms with Gasteiger partial charge in [-0.05, 0) is 30.7 Å². The van der Waals surface area contributed by atoms with Crippen LogP contribution in [0.4, 0.5) is 15.9 Å². The van der Waals surface area contributed by atoms with Crippen LogP contribution in [0.5, 0.6) is 0 Å². The van der Waals surface area contributed by atoms with E-state index in [0.717, 1.165) is 13.0 Å². The molecule has 1 aromatic heterocycles. The molecule has 2 aromatic rings. The molecule has 6 heteroatoms. The number of amides is 1. The van der Waals surface area contributed by atoms with Gasteiger partial charge in [-0.2, -0.15) is 0 Å². The van der Waals surface area contributed by atoms with Crippen LogP contribution in [0.1, 0.15) is 23.8 Å². The lowest BCUT2D eigenvalue weighted by atomic mass is 10.3. The Labute approximate surface area is 116 Å². The Morgan fingerprint density at radius 2 is 1.95 bits per heavy atom. The van der Waals surface area contributed by atoms with E-state index in [2.05, 4.69) is 20.6 Å². The van der Waals surface area contributed by atoms with Crippen LogP contribution in [0.2, 0.25) is 0 Å². The molecule has 0 saturated carbocycles. The number of rotatable bonds is 5. The fourth-order valence-electron chi connectivity index (χ4n) is 1.52. The van der Waals surface area contributed by atoms with Crippen LogP contribution in [0.25, 0.3) is 0 Å². The lowest BCUT2D eigenvalue weighted by Gasteiger charge is -2.06. The highest BCUT2D eigenvalue weighted by atomic mass is 19.1. The number of hydrogen-bond donors (Lipinski definition) is 2. The summed E-state index contributed by atoms with van der Waals surface area (Å²) in [5.41, 5.74) is 0.711. The lowest BCUT2D eigenvalue weighted by Crippen LogP contribution is -2.14. The first kappa shape index (κ1) is 13.9. The van der Waals surface area contributed by atoms with E-state index in [9.17, 15) is 9.18 Å². The van der Waals surface area contributed by atoms with Crippen LogP contribution in [0.3, 0.4) is 0 Å². The summed E-state index contributed by atoms with van der Waals surface area (Å²) in [6, 6.07) is 5.52. The number of hydrogen-bond acceptors (Lipinski definition) is 4. The van der Waals surface area contributed by atoms with Crippen molar-refractivity contribution in [2.24, 2.45) is 0 Å². The smallest absolute Gasteiger partial charge is 0.275 e. The van der Waals surface area contributed by atoms with Crippen molar-refractivity contribution in [1.82, 2.24) is 9.97 Å². The maximum absolute atomic E-state index is 12.8. The molecule has 0 radical (unpaired) electrons. The molecule has 0 aliphatic heterocycles. The average Bonchev–Trinajstić information content (AvgIpc) is 2.48. The Bertz CT molecular complexity index is 569. The maximum Gasteiger partial charge on any atom is 0.275 e. The van der Waals surface area contributed by atoms with Crippen molar-refractivity contribution in [3.63, 3.8) is 0 Å². The van der Waals surface area contributed by atoms with Crippen molar-refractivity contribution in [3.8, 4) is 0 Å². The number of nitrogens with zero attached hydrogens (tertiary/aromatic N) is 2. The first-order valence-corrected chi connectivity index (χ1v) is 6.32. The molecule has 2 rings (SSSR count). The summed E-state index contributed by atoms with van der Waals surface area (Å²) in [6.45, 7) is 2.85. The van der Waals surface area contributed by atoms with E-state index >= 15 is 0 Å². The van der Waals surface area contributed by atoms with Crippen molar-refractivity contribution < 1.29 is 9.18 Å². The molecule has 0 aliphatic carbocycles. The number of aromatic nitrogens is 2. The van der Waals surface area contributed by atoms with E-state index in [-0.39, 0.29) is 17.4 Å². The van der Waals surface area contributed by atoms with E-state index in [4.69, 9.17) is 0 Å². The highest BCUT2D eigenvalue weighted by molar-refractivity contribution is 6.02. The summed E-state index contributed by atoms with van der Waals surface area (Å²) in [5.74, 6) is -0.106. The van der Waals surface area contributed by atoms with Gasteiger partial charge in [0.2, 0.25) is 0 Å². The topological polar surface area (TPSA) is 66.9 Å². The molecule has 0 spiro atoms. The first-order valence-electron chi connectivity index (χ1n) is 6.32. The second-order valence-electron chi connectivity index (χ2n) is 4.17. The Kier molecular flexibility index (Phi) is 4.60. The van der Waals surface area contributed by atoms with Crippen LogP contribution < -0.4 is 10.6 Å². The fraction of sp³-hybridized carbons (Fsp3) is 0.214. The summed E-state index contributed by atoms with van der Waals surface area (Å²) < 4.78 is 12.8. The summed E-state index contributed by atoms with van der Waals surface area (Å²) in [6.07, 6.45) is 3.89. The molecule has 1 heterocycles. The predicted octanol–water partition coefficient (Wildman–Crippen LogP) is 2.69. The summed E-state index contributed by atoms with van der Waals surface area (Å²) in [5, 5.41) is 5.69. The number of nitrogens with one attached hydrogen (secondary N) is 2. The molecular formula is C14H15FN4O. The maximum atomic E-state index is 12.8. The van der Waals surface area contributed by atoms with Gasteiger partial charge < -0.3 is 10.6 Å². The quantitative estimate of drug-likeness (QED) is 0.879. The number of anilines is 2. The average molecular weight is 274 g/mol. The number of benzene rings is 1. The van der Waals surface area contributed by atoms with E-state index in [1.165, 1.54) is 36.7 Å². The highest BCUT2D eigenvalue weighted by Crippen LogP contribution is 2.10. The Hall–Kier alpha value is -2.50. The molecule has 1 amide bonds. The third-order valence-electron chi connectivity index (χ3n) is 2.54. The van der Waals surface area contributed by atoms with Crippen LogP contribution in [0, 0.1) is 5.82 Å². The van der Waals surface area contributed by atoms with Gasteiger partial charge >= 0.3 is 0 Å². The zero-order valence-electron chi connectivity index (χ0n) is 11.1. The fourth-order valence-corrected chi connectivity index (χ4v) is 1.52. The molecule has 0 aliphatic rings. The van der Waals surface area contributed by atoms with Gasteiger partial charge in [0.1, 0.15) is 17.3 Å².